The number of rotatable bonds is 4. The molecule has 1 aromatic rings. The topological polar surface area (TPSA) is 79.0 Å². The van der Waals surface area contributed by atoms with Gasteiger partial charge in [-0.25, -0.2) is 8.42 Å². The standard InChI is InChI=1S/C17H25N3O4S/c1-13(21)18-17-8-9-20(11-14(17)10-19(2)12-17)25(22,23)16-6-4-15(24-3)5-7-16/h4-7,14H,8-12H2,1-3H3,(H,18,21)/t14-,17+/m0/s1. The normalized spacial score (nSPS) is 27.7. The first kappa shape index (κ1) is 18.2. The predicted octanol–water partition coefficient (Wildman–Crippen LogP) is 0.526. The second kappa shape index (κ2) is 6.59. The van der Waals surface area contributed by atoms with Gasteiger partial charge in [0.25, 0.3) is 0 Å². The van der Waals surface area contributed by atoms with E-state index in [0.717, 1.165) is 13.1 Å². The molecule has 2 aliphatic heterocycles. The van der Waals surface area contributed by atoms with Crippen molar-refractivity contribution in [2.75, 3.05) is 40.3 Å². The van der Waals surface area contributed by atoms with Crippen molar-refractivity contribution in [1.29, 1.82) is 0 Å². The minimum atomic E-state index is -3.55. The van der Waals surface area contributed by atoms with Crippen molar-refractivity contribution in [2.45, 2.75) is 23.8 Å². The van der Waals surface area contributed by atoms with E-state index < -0.39 is 10.0 Å². The molecule has 7 nitrogen and oxygen atoms in total. The van der Waals surface area contributed by atoms with Crippen LogP contribution in [0.5, 0.6) is 5.75 Å². The maximum Gasteiger partial charge on any atom is 0.243 e. The lowest BCUT2D eigenvalue weighted by Gasteiger charge is -2.43. The fourth-order valence-corrected chi connectivity index (χ4v) is 5.56. The number of nitrogens with zero attached hydrogens (tertiary/aromatic N) is 2. The molecule has 1 amide bonds. The Labute approximate surface area is 149 Å². The molecule has 1 N–H and O–H groups in total. The van der Waals surface area contributed by atoms with E-state index in [1.807, 2.05) is 7.05 Å². The Hall–Kier alpha value is -1.64. The fourth-order valence-electron chi connectivity index (χ4n) is 4.07. The van der Waals surface area contributed by atoms with Gasteiger partial charge in [-0.3, -0.25) is 4.79 Å². The van der Waals surface area contributed by atoms with Gasteiger partial charge in [0.2, 0.25) is 15.9 Å². The molecular weight excluding hydrogens is 342 g/mol. The number of benzene rings is 1. The van der Waals surface area contributed by atoms with Gasteiger partial charge in [-0.1, -0.05) is 0 Å². The van der Waals surface area contributed by atoms with Crippen molar-refractivity contribution in [1.82, 2.24) is 14.5 Å². The molecule has 3 rings (SSSR count). The van der Waals surface area contributed by atoms with Crippen molar-refractivity contribution in [2.24, 2.45) is 5.92 Å². The molecule has 138 valence electrons. The van der Waals surface area contributed by atoms with Crippen LogP contribution in [0, 0.1) is 5.92 Å². The third-order valence-corrected chi connectivity index (χ3v) is 7.10. The number of amides is 1. The molecule has 0 saturated carbocycles. The summed E-state index contributed by atoms with van der Waals surface area (Å²) in [4.78, 5) is 14.1. The highest BCUT2D eigenvalue weighted by Crippen LogP contribution is 2.36. The Kier molecular flexibility index (Phi) is 4.78. The van der Waals surface area contributed by atoms with Crippen LogP contribution >= 0.6 is 0 Å². The fraction of sp³-hybridized carbons (Fsp3) is 0.588. The molecule has 25 heavy (non-hydrogen) atoms. The predicted molar refractivity (Wildman–Crippen MR) is 93.9 cm³/mol. The minimum Gasteiger partial charge on any atom is -0.497 e. The zero-order chi connectivity index (χ0) is 18.2. The van der Waals surface area contributed by atoms with Crippen molar-refractivity contribution in [3.05, 3.63) is 24.3 Å². The Morgan fingerprint density at radius 2 is 1.96 bits per heavy atom. The second-order valence-electron chi connectivity index (χ2n) is 7.02. The Bertz CT molecular complexity index is 750. The van der Waals surface area contributed by atoms with Gasteiger partial charge in [0.15, 0.2) is 0 Å². The highest BCUT2D eigenvalue weighted by Gasteiger charge is 2.50. The van der Waals surface area contributed by atoms with Crippen LogP contribution in [0.4, 0.5) is 0 Å². The van der Waals surface area contributed by atoms with E-state index in [-0.39, 0.29) is 22.3 Å². The van der Waals surface area contributed by atoms with E-state index >= 15 is 0 Å². The van der Waals surface area contributed by atoms with E-state index in [9.17, 15) is 13.2 Å². The van der Waals surface area contributed by atoms with Gasteiger partial charge in [0.05, 0.1) is 17.5 Å². The van der Waals surface area contributed by atoms with E-state index in [1.165, 1.54) is 6.92 Å². The minimum absolute atomic E-state index is 0.0632. The first-order valence-corrected chi connectivity index (χ1v) is 9.82. The van der Waals surface area contributed by atoms with Gasteiger partial charge in [-0.2, -0.15) is 4.31 Å². The van der Waals surface area contributed by atoms with Crippen LogP contribution in [-0.4, -0.2) is 69.4 Å². The lowest BCUT2D eigenvalue weighted by molar-refractivity contribution is -0.121. The average molecular weight is 367 g/mol. The molecule has 0 aromatic heterocycles. The monoisotopic (exact) mass is 367 g/mol. The average Bonchev–Trinajstić information content (AvgIpc) is 2.88. The number of likely N-dealkylation sites (N-methyl/N-ethyl adjacent to an activating group) is 1. The molecule has 2 fully saturated rings. The molecular formula is C17H25N3O4S. The van der Waals surface area contributed by atoms with Crippen LogP contribution in [0.15, 0.2) is 29.2 Å². The third kappa shape index (κ3) is 3.38. The number of hydrogen-bond acceptors (Lipinski definition) is 5. The summed E-state index contributed by atoms with van der Waals surface area (Å²) in [6, 6.07) is 6.46. The largest absolute Gasteiger partial charge is 0.497 e. The van der Waals surface area contributed by atoms with Gasteiger partial charge in [0.1, 0.15) is 5.75 Å². The number of carbonyl (C=O) groups excluding carboxylic acids is 1. The molecule has 0 aliphatic carbocycles. The van der Waals surface area contributed by atoms with E-state index in [1.54, 1.807) is 35.7 Å². The van der Waals surface area contributed by atoms with E-state index in [0.29, 0.717) is 25.3 Å². The highest BCUT2D eigenvalue weighted by atomic mass is 32.2. The number of piperidine rings is 1. The number of methoxy groups -OCH3 is 1. The summed E-state index contributed by atoms with van der Waals surface area (Å²) in [5.41, 5.74) is -0.327. The molecule has 0 unspecified atom stereocenters. The number of ether oxygens (including phenoxy) is 1. The number of carbonyl (C=O) groups is 1. The molecule has 2 saturated heterocycles. The number of likely N-dealkylation sites (tertiary alicyclic amines) is 1. The zero-order valence-electron chi connectivity index (χ0n) is 14.9. The van der Waals surface area contributed by atoms with Crippen LogP contribution in [-0.2, 0) is 14.8 Å². The Morgan fingerprint density at radius 3 is 2.56 bits per heavy atom. The number of nitrogens with one attached hydrogen (secondary N) is 1. The molecule has 8 heteroatoms. The van der Waals surface area contributed by atoms with E-state index in [4.69, 9.17) is 4.74 Å². The number of hydrogen-bond donors (Lipinski definition) is 1. The van der Waals surface area contributed by atoms with Crippen LogP contribution in [0.2, 0.25) is 0 Å². The van der Waals surface area contributed by atoms with Crippen LogP contribution in [0.3, 0.4) is 0 Å². The number of sulfonamides is 1. The van der Waals surface area contributed by atoms with Crippen LogP contribution < -0.4 is 10.1 Å². The lowest BCUT2D eigenvalue weighted by atomic mass is 9.81. The third-order valence-electron chi connectivity index (χ3n) is 5.22. The van der Waals surface area contributed by atoms with Gasteiger partial charge < -0.3 is 15.0 Å². The second-order valence-corrected chi connectivity index (χ2v) is 8.96. The van der Waals surface area contributed by atoms with Crippen LogP contribution in [0.1, 0.15) is 13.3 Å². The molecule has 0 spiro atoms. The molecule has 0 radical (unpaired) electrons. The highest BCUT2D eigenvalue weighted by molar-refractivity contribution is 7.89. The van der Waals surface area contributed by atoms with Gasteiger partial charge in [0, 0.05) is 39.0 Å². The maximum atomic E-state index is 13.0. The van der Waals surface area contributed by atoms with Gasteiger partial charge >= 0.3 is 0 Å². The summed E-state index contributed by atoms with van der Waals surface area (Å²) >= 11 is 0. The Balaban J connectivity index is 1.82. The SMILES string of the molecule is COc1ccc(S(=O)(=O)N2CC[C@@]3(NC(C)=O)CN(C)C[C@H]3C2)cc1. The lowest BCUT2D eigenvalue weighted by Crippen LogP contribution is -2.61. The quantitative estimate of drug-likeness (QED) is 0.840. The van der Waals surface area contributed by atoms with Gasteiger partial charge in [-0.05, 0) is 37.7 Å². The summed E-state index contributed by atoms with van der Waals surface area (Å²) in [5, 5.41) is 3.10. The van der Waals surface area contributed by atoms with Crippen molar-refractivity contribution >= 4 is 15.9 Å². The summed E-state index contributed by atoms with van der Waals surface area (Å²) in [5.74, 6) is 0.648. The zero-order valence-corrected chi connectivity index (χ0v) is 15.7. The van der Waals surface area contributed by atoms with Crippen molar-refractivity contribution in [3.8, 4) is 5.75 Å². The number of fused-ring (bicyclic) bond motifs is 1. The Morgan fingerprint density at radius 1 is 1.28 bits per heavy atom. The smallest absolute Gasteiger partial charge is 0.243 e. The van der Waals surface area contributed by atoms with Gasteiger partial charge in [-0.15, -0.1) is 0 Å². The molecule has 1 aromatic carbocycles. The first-order valence-electron chi connectivity index (χ1n) is 8.38. The first-order chi connectivity index (χ1) is 11.8. The van der Waals surface area contributed by atoms with Crippen molar-refractivity contribution < 1.29 is 17.9 Å². The molecule has 2 heterocycles. The van der Waals surface area contributed by atoms with E-state index in [2.05, 4.69) is 10.2 Å². The summed E-state index contributed by atoms with van der Waals surface area (Å²) in [6.07, 6.45) is 0.622. The molecule has 2 aliphatic rings. The molecule has 0 bridgehead atoms. The van der Waals surface area contributed by atoms with Crippen LogP contribution in [0.25, 0.3) is 0 Å². The molecule has 2 atom stereocenters. The summed E-state index contributed by atoms with van der Waals surface area (Å²) < 4.78 is 32.6. The van der Waals surface area contributed by atoms with Crippen molar-refractivity contribution in [3.63, 3.8) is 0 Å². The summed E-state index contributed by atoms with van der Waals surface area (Å²) in [7, 11) is 0.000299. The maximum absolute atomic E-state index is 13.0. The summed E-state index contributed by atoms with van der Waals surface area (Å²) in [6.45, 7) is 3.87.